The fraction of sp³-hybridized carbons (Fsp3) is 1.00. The van der Waals surface area contributed by atoms with Crippen molar-refractivity contribution in [3.05, 3.63) is 0 Å². The summed E-state index contributed by atoms with van der Waals surface area (Å²) in [6, 6.07) is 0. The van der Waals surface area contributed by atoms with Crippen LogP contribution in [0.1, 0.15) is 12.8 Å². The number of alkyl halides is 5. The van der Waals surface area contributed by atoms with E-state index >= 15 is 0 Å². The lowest BCUT2D eigenvalue weighted by Gasteiger charge is -2.23. The zero-order valence-electron chi connectivity index (χ0n) is 6.17. The molecule has 0 rings (SSSR count). The molecule has 0 aromatic heterocycles. The largest absolute Gasteiger partial charge is 0.396 e. The zero-order chi connectivity index (χ0) is 9.83. The molecule has 0 saturated heterocycles. The summed E-state index contributed by atoms with van der Waals surface area (Å²) in [6.45, 7) is -3.00. The molecule has 0 fully saturated rings. The van der Waals surface area contributed by atoms with Gasteiger partial charge in [-0.25, -0.2) is 4.39 Å². The van der Waals surface area contributed by atoms with Crippen molar-refractivity contribution in [2.45, 2.75) is 24.7 Å². The maximum atomic E-state index is 12.3. The molecule has 1 nitrogen and oxygen atoms in total. The summed E-state index contributed by atoms with van der Waals surface area (Å²) in [7, 11) is 0. The molecule has 0 bridgehead atoms. The molecule has 0 aromatic carbocycles. The molecule has 6 heteroatoms. The van der Waals surface area contributed by atoms with Crippen LogP contribution in [-0.2, 0) is 0 Å². The maximum Gasteiger partial charge on any atom is 0.337 e. The Morgan fingerprint density at radius 2 is 1.50 bits per heavy atom. The van der Waals surface area contributed by atoms with E-state index < -0.39 is 38.0 Å². The summed E-state index contributed by atoms with van der Waals surface area (Å²) in [5.41, 5.74) is 0. The predicted molar refractivity (Wildman–Crippen MR) is 32.2 cm³/mol. The minimum atomic E-state index is -4.62. The first-order valence-corrected chi connectivity index (χ1v) is 3.30. The maximum absolute atomic E-state index is 12.3. The quantitative estimate of drug-likeness (QED) is 0.660. The van der Waals surface area contributed by atoms with Gasteiger partial charge in [-0.3, -0.25) is 0 Å². The van der Waals surface area contributed by atoms with Gasteiger partial charge in [-0.05, 0) is 6.42 Å². The van der Waals surface area contributed by atoms with Crippen LogP contribution in [0.4, 0.5) is 22.0 Å². The molecule has 0 radical (unpaired) electrons. The van der Waals surface area contributed by atoms with E-state index in [9.17, 15) is 22.0 Å². The molecule has 74 valence electrons. The van der Waals surface area contributed by atoms with Crippen LogP contribution in [0.15, 0.2) is 0 Å². The molecule has 0 atom stereocenters. The van der Waals surface area contributed by atoms with E-state index in [0.717, 1.165) is 0 Å². The first kappa shape index (κ1) is 11.6. The third-order valence-electron chi connectivity index (χ3n) is 1.35. The lowest BCUT2D eigenvalue weighted by molar-refractivity contribution is -0.219. The van der Waals surface area contributed by atoms with Crippen LogP contribution in [0.5, 0.6) is 0 Å². The average molecular weight is 192 g/mol. The third-order valence-corrected chi connectivity index (χ3v) is 1.35. The third kappa shape index (κ3) is 2.58. The second kappa shape index (κ2) is 4.02. The van der Waals surface area contributed by atoms with Crippen LogP contribution in [0, 0.1) is 0 Å². The summed E-state index contributed by atoms with van der Waals surface area (Å²) in [4.78, 5) is 0. The summed E-state index contributed by atoms with van der Waals surface area (Å²) >= 11 is 0. The van der Waals surface area contributed by atoms with Gasteiger partial charge >= 0.3 is 11.8 Å². The van der Waals surface area contributed by atoms with E-state index in [1.807, 2.05) is 0 Å². The normalized spacial score (nSPS) is 13.5. The van der Waals surface area contributed by atoms with E-state index in [-0.39, 0.29) is 0 Å². The van der Waals surface area contributed by atoms with Crippen LogP contribution < -0.4 is 0 Å². The lowest BCUT2D eigenvalue weighted by Crippen LogP contribution is -2.42. The second-order valence-electron chi connectivity index (χ2n) is 2.37. The van der Waals surface area contributed by atoms with Crippen molar-refractivity contribution in [2.75, 3.05) is 13.3 Å². The first-order chi connectivity index (χ1) is 5.37. The number of aliphatic hydroxyl groups excluding tert-OH is 1. The van der Waals surface area contributed by atoms with Gasteiger partial charge < -0.3 is 5.11 Å². The predicted octanol–water partition coefficient (Wildman–Crippen LogP) is 2.00. The highest BCUT2D eigenvalue weighted by Gasteiger charge is 2.55. The molecule has 12 heavy (non-hydrogen) atoms. The van der Waals surface area contributed by atoms with Crippen LogP contribution in [0.3, 0.4) is 0 Å². The number of hydrogen-bond acceptors (Lipinski definition) is 1. The Kier molecular flexibility index (Phi) is 3.89. The minimum Gasteiger partial charge on any atom is -0.396 e. The van der Waals surface area contributed by atoms with Crippen molar-refractivity contribution in [1.82, 2.24) is 0 Å². The topological polar surface area (TPSA) is 20.2 Å². The van der Waals surface area contributed by atoms with Crippen LogP contribution >= 0.6 is 0 Å². The van der Waals surface area contributed by atoms with Gasteiger partial charge in [-0.15, -0.1) is 0 Å². The number of halogens is 5. The average Bonchev–Trinajstić information content (AvgIpc) is 2.00. The van der Waals surface area contributed by atoms with Gasteiger partial charge in [0.25, 0.3) is 0 Å². The molecule has 0 saturated carbocycles. The van der Waals surface area contributed by atoms with Gasteiger partial charge in [0.1, 0.15) is 0 Å². The van der Waals surface area contributed by atoms with E-state index in [1.54, 1.807) is 0 Å². The van der Waals surface area contributed by atoms with Crippen molar-refractivity contribution >= 4 is 0 Å². The molecule has 0 aliphatic carbocycles. The molecule has 0 amide bonds. The highest BCUT2D eigenvalue weighted by Crippen LogP contribution is 2.37. The summed E-state index contributed by atoms with van der Waals surface area (Å²) in [5.74, 6) is -8.99. The van der Waals surface area contributed by atoms with Gasteiger partial charge in [0.2, 0.25) is 0 Å². The summed E-state index contributed by atoms with van der Waals surface area (Å²) in [6.07, 6.45) is -1.68. The molecule has 0 aliphatic heterocycles. The Bertz CT molecular complexity index is 136. The lowest BCUT2D eigenvalue weighted by atomic mass is 10.1. The van der Waals surface area contributed by atoms with Gasteiger partial charge in [0.05, 0.1) is 0 Å². The molecule has 1 N–H and O–H groups in total. The van der Waals surface area contributed by atoms with Crippen LogP contribution in [-0.4, -0.2) is 30.2 Å². The molecule has 0 heterocycles. The Hall–Kier alpha value is -0.390. The molecular formula is C6H9F5O. The summed E-state index contributed by atoms with van der Waals surface area (Å²) < 4.78 is 60.1. The molecule has 0 aromatic rings. The minimum absolute atomic E-state index is 0.470. The highest BCUT2D eigenvalue weighted by atomic mass is 19.3. The standard InChI is InChI=1S/C6H9F5O/c7-4-6(10,11)5(8,9)2-1-3-12/h12H,1-4H2. The Morgan fingerprint density at radius 1 is 1.00 bits per heavy atom. The van der Waals surface area contributed by atoms with Gasteiger partial charge in [-0.2, -0.15) is 17.6 Å². The fourth-order valence-electron chi connectivity index (χ4n) is 0.582. The van der Waals surface area contributed by atoms with Crippen LogP contribution in [0.2, 0.25) is 0 Å². The Labute approximate surface area is 66.2 Å². The van der Waals surface area contributed by atoms with E-state index in [2.05, 4.69) is 0 Å². The zero-order valence-corrected chi connectivity index (χ0v) is 6.17. The second-order valence-corrected chi connectivity index (χ2v) is 2.37. The number of aliphatic hydroxyl groups is 1. The van der Waals surface area contributed by atoms with Crippen molar-refractivity contribution in [2.24, 2.45) is 0 Å². The van der Waals surface area contributed by atoms with Crippen molar-refractivity contribution < 1.29 is 27.1 Å². The Morgan fingerprint density at radius 3 is 1.83 bits per heavy atom. The van der Waals surface area contributed by atoms with Crippen LogP contribution in [0.25, 0.3) is 0 Å². The molecule has 0 spiro atoms. The molecular weight excluding hydrogens is 183 g/mol. The highest BCUT2D eigenvalue weighted by molar-refractivity contribution is 4.83. The fourth-order valence-corrected chi connectivity index (χ4v) is 0.582. The van der Waals surface area contributed by atoms with Crippen molar-refractivity contribution in [3.8, 4) is 0 Å². The van der Waals surface area contributed by atoms with Gasteiger partial charge in [0.15, 0.2) is 6.67 Å². The van der Waals surface area contributed by atoms with Crippen molar-refractivity contribution in [3.63, 3.8) is 0 Å². The smallest absolute Gasteiger partial charge is 0.337 e. The number of rotatable bonds is 5. The first-order valence-electron chi connectivity index (χ1n) is 3.30. The van der Waals surface area contributed by atoms with Gasteiger partial charge in [0, 0.05) is 13.0 Å². The van der Waals surface area contributed by atoms with E-state index in [1.165, 1.54) is 0 Å². The molecule has 0 aliphatic rings. The number of hydrogen-bond donors (Lipinski definition) is 1. The van der Waals surface area contributed by atoms with Gasteiger partial charge in [-0.1, -0.05) is 0 Å². The van der Waals surface area contributed by atoms with E-state index in [4.69, 9.17) is 5.11 Å². The SMILES string of the molecule is OCCCC(F)(F)C(F)(F)CF. The van der Waals surface area contributed by atoms with Crippen molar-refractivity contribution in [1.29, 1.82) is 0 Å². The Balaban J connectivity index is 4.17. The monoisotopic (exact) mass is 192 g/mol. The summed E-state index contributed by atoms with van der Waals surface area (Å²) in [5, 5.41) is 8.10. The van der Waals surface area contributed by atoms with E-state index in [0.29, 0.717) is 0 Å². The molecule has 0 unspecified atom stereocenters.